The molecule has 0 fully saturated rings. The first kappa shape index (κ1) is 11.4. The zero-order valence-electron chi connectivity index (χ0n) is 8.14. The Morgan fingerprint density at radius 3 is 2.75 bits per heavy atom. The van der Waals surface area contributed by atoms with Crippen LogP contribution in [0.15, 0.2) is 18.2 Å². The summed E-state index contributed by atoms with van der Waals surface area (Å²) in [5, 5.41) is 18.8. The molecule has 0 aromatic heterocycles. The standard InChI is InChI=1S/C11H6N2O3/c12-4-2-1-3-9-5-10(8-14)7-11(6-9)13(15)16/h5-8H,2H2. The molecule has 5 nitrogen and oxygen atoms in total. The van der Waals surface area contributed by atoms with Crippen LogP contribution in [0.1, 0.15) is 22.3 Å². The van der Waals surface area contributed by atoms with Gasteiger partial charge in [0.2, 0.25) is 0 Å². The molecule has 0 saturated heterocycles. The van der Waals surface area contributed by atoms with Gasteiger partial charge in [-0.3, -0.25) is 14.9 Å². The van der Waals surface area contributed by atoms with Gasteiger partial charge in [0.05, 0.1) is 17.4 Å². The number of non-ortho nitro benzene ring substituents is 1. The number of carbonyl (C=O) groups is 1. The lowest BCUT2D eigenvalue weighted by molar-refractivity contribution is -0.384. The Hall–Kier alpha value is -2.66. The van der Waals surface area contributed by atoms with Crippen LogP contribution in [0.3, 0.4) is 0 Å². The van der Waals surface area contributed by atoms with Gasteiger partial charge < -0.3 is 0 Å². The predicted octanol–water partition coefficient (Wildman–Crippen LogP) is 1.67. The molecule has 16 heavy (non-hydrogen) atoms. The van der Waals surface area contributed by atoms with E-state index in [1.807, 2.05) is 6.07 Å². The van der Waals surface area contributed by atoms with Crippen LogP contribution < -0.4 is 0 Å². The summed E-state index contributed by atoms with van der Waals surface area (Å²) in [6.07, 6.45) is 0.557. The molecular weight excluding hydrogens is 208 g/mol. The van der Waals surface area contributed by atoms with Gasteiger partial charge in [-0.2, -0.15) is 5.26 Å². The summed E-state index contributed by atoms with van der Waals surface area (Å²) in [5.74, 6) is 5.10. The van der Waals surface area contributed by atoms with E-state index in [2.05, 4.69) is 11.8 Å². The summed E-state index contributed by atoms with van der Waals surface area (Å²) >= 11 is 0. The van der Waals surface area contributed by atoms with Gasteiger partial charge in [-0.15, -0.1) is 0 Å². The predicted molar refractivity (Wildman–Crippen MR) is 55.6 cm³/mol. The van der Waals surface area contributed by atoms with Crippen LogP contribution in [0.25, 0.3) is 0 Å². The highest BCUT2D eigenvalue weighted by molar-refractivity contribution is 5.77. The normalized spacial score (nSPS) is 8.44. The van der Waals surface area contributed by atoms with Crippen molar-refractivity contribution in [3.63, 3.8) is 0 Å². The highest BCUT2D eigenvalue weighted by Gasteiger charge is 2.08. The first-order chi connectivity index (χ1) is 7.67. The van der Waals surface area contributed by atoms with Gasteiger partial charge >= 0.3 is 0 Å². The quantitative estimate of drug-likeness (QED) is 0.324. The minimum Gasteiger partial charge on any atom is -0.298 e. The molecular formula is C11H6N2O3. The van der Waals surface area contributed by atoms with E-state index in [0.717, 1.165) is 0 Å². The molecule has 5 heteroatoms. The number of nitro benzene ring substituents is 1. The Morgan fingerprint density at radius 1 is 1.44 bits per heavy atom. The van der Waals surface area contributed by atoms with Crippen LogP contribution in [0.4, 0.5) is 5.69 Å². The molecule has 0 unspecified atom stereocenters. The molecule has 1 rings (SSSR count). The summed E-state index contributed by atoms with van der Waals surface area (Å²) in [6.45, 7) is 0. The Balaban J connectivity index is 3.16. The average Bonchev–Trinajstić information content (AvgIpc) is 2.29. The molecule has 0 saturated carbocycles. The van der Waals surface area contributed by atoms with Crippen LogP contribution in [-0.4, -0.2) is 11.2 Å². The zero-order valence-corrected chi connectivity index (χ0v) is 8.14. The second-order valence-corrected chi connectivity index (χ2v) is 2.82. The summed E-state index contributed by atoms with van der Waals surface area (Å²) in [4.78, 5) is 20.5. The van der Waals surface area contributed by atoms with Gasteiger partial charge in [-0.25, -0.2) is 0 Å². The summed E-state index contributed by atoms with van der Waals surface area (Å²) < 4.78 is 0. The maximum Gasteiger partial charge on any atom is 0.271 e. The summed E-state index contributed by atoms with van der Waals surface area (Å²) in [6, 6.07) is 5.69. The molecule has 78 valence electrons. The maximum absolute atomic E-state index is 10.5. The number of benzene rings is 1. The van der Waals surface area contributed by atoms with E-state index in [0.29, 0.717) is 11.8 Å². The first-order valence-electron chi connectivity index (χ1n) is 4.28. The second-order valence-electron chi connectivity index (χ2n) is 2.82. The number of nitro groups is 1. The Kier molecular flexibility index (Phi) is 3.77. The summed E-state index contributed by atoms with van der Waals surface area (Å²) in [7, 11) is 0. The van der Waals surface area contributed by atoms with Gasteiger partial charge in [-0.05, 0) is 6.07 Å². The van der Waals surface area contributed by atoms with Crippen molar-refractivity contribution in [1.82, 2.24) is 0 Å². The molecule has 0 spiro atoms. The van der Waals surface area contributed by atoms with E-state index in [1.165, 1.54) is 18.2 Å². The fourth-order valence-electron chi connectivity index (χ4n) is 1.07. The minimum atomic E-state index is -0.595. The molecule has 0 aliphatic heterocycles. The van der Waals surface area contributed by atoms with E-state index in [9.17, 15) is 14.9 Å². The van der Waals surface area contributed by atoms with Crippen molar-refractivity contribution in [3.05, 3.63) is 39.4 Å². The van der Waals surface area contributed by atoms with Crippen molar-refractivity contribution in [2.75, 3.05) is 0 Å². The number of hydrogen-bond acceptors (Lipinski definition) is 4. The van der Waals surface area contributed by atoms with Gasteiger partial charge in [0.15, 0.2) is 0 Å². The van der Waals surface area contributed by atoms with Crippen molar-refractivity contribution >= 4 is 12.0 Å². The van der Waals surface area contributed by atoms with E-state index >= 15 is 0 Å². The fraction of sp³-hybridized carbons (Fsp3) is 0.0909. The minimum absolute atomic E-state index is 0.0408. The molecule has 0 aliphatic carbocycles. The third-order valence-electron chi connectivity index (χ3n) is 1.69. The topological polar surface area (TPSA) is 84.0 Å². The lowest BCUT2D eigenvalue weighted by Crippen LogP contribution is -1.91. The highest BCUT2D eigenvalue weighted by atomic mass is 16.6. The van der Waals surface area contributed by atoms with E-state index in [1.54, 1.807) is 0 Å². The first-order valence-corrected chi connectivity index (χ1v) is 4.28. The van der Waals surface area contributed by atoms with Gasteiger partial charge in [0, 0.05) is 23.3 Å². The molecule has 1 aromatic carbocycles. The number of nitriles is 1. The second kappa shape index (κ2) is 5.28. The Bertz CT molecular complexity index is 532. The van der Waals surface area contributed by atoms with Crippen molar-refractivity contribution in [3.8, 4) is 17.9 Å². The molecule has 0 heterocycles. The molecule has 0 aliphatic rings. The number of aldehydes is 1. The van der Waals surface area contributed by atoms with E-state index in [4.69, 9.17) is 5.26 Å². The highest BCUT2D eigenvalue weighted by Crippen LogP contribution is 2.15. The molecule has 1 aromatic rings. The Labute approximate surface area is 91.5 Å². The largest absolute Gasteiger partial charge is 0.298 e. The van der Waals surface area contributed by atoms with Crippen molar-refractivity contribution in [1.29, 1.82) is 5.26 Å². The van der Waals surface area contributed by atoms with Crippen LogP contribution in [0.2, 0.25) is 0 Å². The number of carbonyl (C=O) groups excluding carboxylic acids is 1. The average molecular weight is 214 g/mol. The molecule has 0 atom stereocenters. The number of hydrogen-bond donors (Lipinski definition) is 0. The van der Waals surface area contributed by atoms with Gasteiger partial charge in [0.1, 0.15) is 6.29 Å². The monoisotopic (exact) mass is 214 g/mol. The van der Waals surface area contributed by atoms with Crippen LogP contribution in [0.5, 0.6) is 0 Å². The smallest absolute Gasteiger partial charge is 0.271 e. The van der Waals surface area contributed by atoms with Crippen LogP contribution in [0, 0.1) is 33.3 Å². The van der Waals surface area contributed by atoms with E-state index < -0.39 is 4.92 Å². The van der Waals surface area contributed by atoms with Crippen molar-refractivity contribution in [2.45, 2.75) is 6.42 Å². The molecule has 0 radical (unpaired) electrons. The van der Waals surface area contributed by atoms with Gasteiger partial charge in [-0.1, -0.05) is 11.8 Å². The molecule has 0 N–H and O–H groups in total. The molecule has 0 amide bonds. The zero-order chi connectivity index (χ0) is 12.0. The summed E-state index contributed by atoms with van der Waals surface area (Å²) in [5.41, 5.74) is 0.355. The van der Waals surface area contributed by atoms with E-state index in [-0.39, 0.29) is 17.7 Å². The number of nitrogens with zero attached hydrogens (tertiary/aromatic N) is 2. The number of rotatable bonds is 2. The third kappa shape index (κ3) is 2.93. The van der Waals surface area contributed by atoms with Crippen molar-refractivity contribution in [2.24, 2.45) is 0 Å². The van der Waals surface area contributed by atoms with Crippen LogP contribution in [-0.2, 0) is 0 Å². The van der Waals surface area contributed by atoms with Crippen LogP contribution >= 0.6 is 0 Å². The van der Waals surface area contributed by atoms with Crippen molar-refractivity contribution < 1.29 is 9.72 Å². The Morgan fingerprint density at radius 2 is 2.19 bits per heavy atom. The fourth-order valence-corrected chi connectivity index (χ4v) is 1.07. The lowest BCUT2D eigenvalue weighted by Gasteiger charge is -1.95. The molecule has 0 bridgehead atoms. The SMILES string of the molecule is N#CCC#Cc1cc(C=O)cc([N+](=O)[O-])c1. The lowest BCUT2D eigenvalue weighted by atomic mass is 10.1. The third-order valence-corrected chi connectivity index (χ3v) is 1.69. The van der Waals surface area contributed by atoms with Gasteiger partial charge in [0.25, 0.3) is 5.69 Å². The maximum atomic E-state index is 10.5.